The number of nitrogens with zero attached hydrogens (tertiary/aromatic N) is 2. The van der Waals surface area contributed by atoms with Crippen LogP contribution >= 0.6 is 15.9 Å². The number of benzene rings is 1. The van der Waals surface area contributed by atoms with Crippen molar-refractivity contribution in [3.8, 4) is 11.6 Å². The minimum atomic E-state index is 0.700. The molecule has 0 spiro atoms. The predicted molar refractivity (Wildman–Crippen MR) is 68.3 cm³/mol. The molecule has 1 aromatic heterocycles. The van der Waals surface area contributed by atoms with E-state index in [0.717, 1.165) is 40.7 Å². The lowest BCUT2D eigenvalue weighted by Crippen LogP contribution is -1.96. The molecule has 0 atom stereocenters. The van der Waals surface area contributed by atoms with Gasteiger partial charge >= 0.3 is 0 Å². The standard InChI is InChI=1S/C13H11BrN2O/c14-9-3-1-4-10(7-9)17-13-11-5-2-6-12(11)15-8-16-13/h1,3-4,7-8H,2,5-6H2. The van der Waals surface area contributed by atoms with Gasteiger partial charge in [-0.2, -0.15) is 0 Å². The van der Waals surface area contributed by atoms with Gasteiger partial charge in [-0.3, -0.25) is 0 Å². The van der Waals surface area contributed by atoms with Crippen LogP contribution in [0.4, 0.5) is 0 Å². The Balaban J connectivity index is 1.93. The molecule has 0 saturated heterocycles. The Hall–Kier alpha value is -1.42. The normalized spacial score (nSPS) is 13.5. The quantitative estimate of drug-likeness (QED) is 0.849. The molecule has 0 amide bonds. The third kappa shape index (κ3) is 2.17. The Morgan fingerprint density at radius 2 is 2.12 bits per heavy atom. The highest BCUT2D eigenvalue weighted by Gasteiger charge is 2.18. The summed E-state index contributed by atoms with van der Waals surface area (Å²) in [6, 6.07) is 7.77. The van der Waals surface area contributed by atoms with Crippen LogP contribution in [-0.2, 0) is 12.8 Å². The van der Waals surface area contributed by atoms with Crippen LogP contribution in [0.1, 0.15) is 17.7 Å². The van der Waals surface area contributed by atoms with Crippen LogP contribution in [0.2, 0.25) is 0 Å². The summed E-state index contributed by atoms with van der Waals surface area (Å²) in [5.74, 6) is 1.50. The average Bonchev–Trinajstić information content (AvgIpc) is 2.78. The van der Waals surface area contributed by atoms with Crippen molar-refractivity contribution in [3.63, 3.8) is 0 Å². The number of aryl methyl sites for hydroxylation is 1. The van der Waals surface area contributed by atoms with E-state index < -0.39 is 0 Å². The average molecular weight is 291 g/mol. The van der Waals surface area contributed by atoms with E-state index in [1.54, 1.807) is 6.33 Å². The first-order chi connectivity index (χ1) is 8.33. The van der Waals surface area contributed by atoms with E-state index in [9.17, 15) is 0 Å². The predicted octanol–water partition coefficient (Wildman–Crippen LogP) is 3.52. The molecule has 1 aliphatic rings. The first-order valence-corrected chi connectivity index (χ1v) is 6.38. The molecule has 4 heteroatoms. The molecule has 0 fully saturated rings. The maximum absolute atomic E-state index is 5.82. The van der Waals surface area contributed by atoms with Crippen LogP contribution in [0.5, 0.6) is 11.6 Å². The number of aromatic nitrogens is 2. The minimum Gasteiger partial charge on any atom is -0.439 e. The van der Waals surface area contributed by atoms with Gasteiger partial charge in [0.05, 0.1) is 5.69 Å². The summed E-state index contributed by atoms with van der Waals surface area (Å²) in [4.78, 5) is 8.51. The Kier molecular flexibility index (Phi) is 2.81. The number of ether oxygens (including phenoxy) is 1. The third-order valence-electron chi connectivity index (χ3n) is 2.85. The van der Waals surface area contributed by atoms with Crippen molar-refractivity contribution in [2.24, 2.45) is 0 Å². The lowest BCUT2D eigenvalue weighted by molar-refractivity contribution is 0.455. The lowest BCUT2D eigenvalue weighted by Gasteiger charge is -2.08. The van der Waals surface area contributed by atoms with E-state index in [0.29, 0.717) is 5.88 Å². The molecular formula is C13H11BrN2O. The molecule has 0 bridgehead atoms. The molecule has 3 nitrogen and oxygen atoms in total. The molecule has 0 N–H and O–H groups in total. The molecule has 1 heterocycles. The number of hydrogen-bond acceptors (Lipinski definition) is 3. The van der Waals surface area contributed by atoms with Crippen molar-refractivity contribution in [1.29, 1.82) is 0 Å². The second kappa shape index (κ2) is 4.45. The highest BCUT2D eigenvalue weighted by Crippen LogP contribution is 2.30. The van der Waals surface area contributed by atoms with Crippen LogP contribution in [0.3, 0.4) is 0 Å². The topological polar surface area (TPSA) is 35.0 Å². The molecule has 1 aromatic carbocycles. The van der Waals surface area contributed by atoms with Crippen molar-refractivity contribution in [1.82, 2.24) is 9.97 Å². The highest BCUT2D eigenvalue weighted by atomic mass is 79.9. The van der Waals surface area contributed by atoms with E-state index in [2.05, 4.69) is 25.9 Å². The molecule has 0 aliphatic heterocycles. The van der Waals surface area contributed by atoms with Crippen molar-refractivity contribution < 1.29 is 4.74 Å². The Bertz CT molecular complexity index is 557. The summed E-state index contributed by atoms with van der Waals surface area (Å²) in [7, 11) is 0. The summed E-state index contributed by atoms with van der Waals surface area (Å²) < 4.78 is 6.82. The van der Waals surface area contributed by atoms with E-state index >= 15 is 0 Å². The van der Waals surface area contributed by atoms with Crippen LogP contribution in [0, 0.1) is 0 Å². The number of hydrogen-bond donors (Lipinski definition) is 0. The third-order valence-corrected chi connectivity index (χ3v) is 3.34. The fourth-order valence-corrected chi connectivity index (χ4v) is 2.44. The maximum atomic E-state index is 5.82. The monoisotopic (exact) mass is 290 g/mol. The summed E-state index contributed by atoms with van der Waals surface area (Å²) in [6.45, 7) is 0. The van der Waals surface area contributed by atoms with Gasteiger partial charge in [0, 0.05) is 10.0 Å². The number of fused-ring (bicyclic) bond motifs is 1. The first-order valence-electron chi connectivity index (χ1n) is 5.59. The van der Waals surface area contributed by atoms with Crippen molar-refractivity contribution >= 4 is 15.9 Å². The van der Waals surface area contributed by atoms with Gasteiger partial charge in [0.2, 0.25) is 5.88 Å². The molecule has 0 saturated carbocycles. The van der Waals surface area contributed by atoms with Gasteiger partial charge in [-0.15, -0.1) is 0 Å². The molecular weight excluding hydrogens is 280 g/mol. The summed E-state index contributed by atoms with van der Waals surface area (Å²) >= 11 is 3.43. The Morgan fingerprint density at radius 1 is 1.18 bits per heavy atom. The molecule has 0 unspecified atom stereocenters. The summed E-state index contributed by atoms with van der Waals surface area (Å²) in [5, 5.41) is 0. The fraction of sp³-hybridized carbons (Fsp3) is 0.231. The summed E-state index contributed by atoms with van der Waals surface area (Å²) in [6.07, 6.45) is 4.77. The van der Waals surface area contributed by atoms with Gasteiger partial charge in [-0.25, -0.2) is 9.97 Å². The molecule has 2 aromatic rings. The largest absolute Gasteiger partial charge is 0.439 e. The fourth-order valence-electron chi connectivity index (χ4n) is 2.06. The zero-order valence-electron chi connectivity index (χ0n) is 9.19. The van der Waals surface area contributed by atoms with Crippen LogP contribution in [0.25, 0.3) is 0 Å². The minimum absolute atomic E-state index is 0.700. The molecule has 3 rings (SSSR count). The van der Waals surface area contributed by atoms with Gasteiger partial charge < -0.3 is 4.74 Å². The molecule has 1 aliphatic carbocycles. The molecule has 17 heavy (non-hydrogen) atoms. The SMILES string of the molecule is Brc1cccc(Oc2ncnc3c2CCC3)c1. The van der Waals surface area contributed by atoms with Crippen LogP contribution in [0.15, 0.2) is 35.1 Å². The molecule has 86 valence electrons. The first kappa shape index (κ1) is 10.7. The second-order valence-electron chi connectivity index (χ2n) is 4.02. The van der Waals surface area contributed by atoms with Gasteiger partial charge in [0.1, 0.15) is 12.1 Å². The maximum Gasteiger partial charge on any atom is 0.225 e. The number of halogens is 1. The highest BCUT2D eigenvalue weighted by molar-refractivity contribution is 9.10. The van der Waals surface area contributed by atoms with Crippen molar-refractivity contribution in [2.45, 2.75) is 19.3 Å². The zero-order valence-corrected chi connectivity index (χ0v) is 10.8. The van der Waals surface area contributed by atoms with Crippen LogP contribution < -0.4 is 4.74 Å². The molecule has 0 radical (unpaired) electrons. The lowest BCUT2D eigenvalue weighted by atomic mass is 10.2. The van der Waals surface area contributed by atoms with E-state index in [1.165, 1.54) is 0 Å². The van der Waals surface area contributed by atoms with Gasteiger partial charge in [0.25, 0.3) is 0 Å². The van der Waals surface area contributed by atoms with E-state index in [-0.39, 0.29) is 0 Å². The summed E-state index contributed by atoms with van der Waals surface area (Å²) in [5.41, 5.74) is 2.29. The van der Waals surface area contributed by atoms with Gasteiger partial charge in [-0.1, -0.05) is 22.0 Å². The van der Waals surface area contributed by atoms with Crippen LogP contribution in [-0.4, -0.2) is 9.97 Å². The zero-order chi connectivity index (χ0) is 11.7. The smallest absolute Gasteiger partial charge is 0.225 e. The number of rotatable bonds is 2. The van der Waals surface area contributed by atoms with E-state index in [1.807, 2.05) is 24.3 Å². The van der Waals surface area contributed by atoms with Crippen molar-refractivity contribution in [3.05, 3.63) is 46.3 Å². The van der Waals surface area contributed by atoms with Gasteiger partial charge in [0.15, 0.2) is 0 Å². The Morgan fingerprint density at radius 3 is 3.00 bits per heavy atom. The Labute approximate surface area is 108 Å². The van der Waals surface area contributed by atoms with Crippen molar-refractivity contribution in [2.75, 3.05) is 0 Å². The van der Waals surface area contributed by atoms with Gasteiger partial charge in [-0.05, 0) is 37.5 Å². The van der Waals surface area contributed by atoms with E-state index in [4.69, 9.17) is 4.74 Å². The second-order valence-corrected chi connectivity index (χ2v) is 4.93.